The van der Waals surface area contributed by atoms with E-state index in [2.05, 4.69) is 30.1 Å². The average Bonchev–Trinajstić information content (AvgIpc) is 2.63. The van der Waals surface area contributed by atoms with E-state index in [1.165, 1.54) is 0 Å². The molecular formula is C16H20N6O. The second-order valence-electron chi connectivity index (χ2n) is 5.33. The summed E-state index contributed by atoms with van der Waals surface area (Å²) in [6, 6.07) is 5.66. The first-order chi connectivity index (χ1) is 11.3. The quantitative estimate of drug-likeness (QED) is 0.923. The van der Waals surface area contributed by atoms with Crippen LogP contribution in [-0.2, 0) is 4.79 Å². The average molecular weight is 312 g/mol. The van der Waals surface area contributed by atoms with Crippen LogP contribution in [-0.4, -0.2) is 47.0 Å². The molecule has 23 heavy (non-hydrogen) atoms. The van der Waals surface area contributed by atoms with Gasteiger partial charge in [-0.05, 0) is 18.2 Å². The highest BCUT2D eigenvalue weighted by Crippen LogP contribution is 2.17. The lowest BCUT2D eigenvalue weighted by molar-refractivity contribution is -0.115. The Labute approximate surface area is 135 Å². The molecule has 0 bridgehead atoms. The molecule has 1 fully saturated rings. The molecule has 7 heteroatoms. The van der Waals surface area contributed by atoms with Gasteiger partial charge in [0, 0.05) is 45.0 Å². The molecule has 1 saturated heterocycles. The summed E-state index contributed by atoms with van der Waals surface area (Å²) in [5.41, 5.74) is 0.733. The first-order valence-corrected chi connectivity index (χ1v) is 7.79. The van der Waals surface area contributed by atoms with E-state index >= 15 is 0 Å². The molecule has 0 radical (unpaired) electrons. The zero-order chi connectivity index (χ0) is 16.1. The van der Waals surface area contributed by atoms with E-state index in [9.17, 15) is 4.79 Å². The number of rotatable bonds is 4. The lowest BCUT2D eigenvalue weighted by atomic mass is 10.3. The van der Waals surface area contributed by atoms with Crippen molar-refractivity contribution in [3.05, 3.63) is 36.8 Å². The summed E-state index contributed by atoms with van der Waals surface area (Å²) in [6.07, 6.45) is 5.69. The van der Waals surface area contributed by atoms with Crippen LogP contribution in [0.4, 0.5) is 17.5 Å². The minimum Gasteiger partial charge on any atom is -0.353 e. The third-order valence-corrected chi connectivity index (χ3v) is 3.79. The van der Waals surface area contributed by atoms with Gasteiger partial charge in [-0.1, -0.05) is 6.92 Å². The van der Waals surface area contributed by atoms with Gasteiger partial charge in [-0.25, -0.2) is 15.0 Å². The van der Waals surface area contributed by atoms with Gasteiger partial charge in [-0.2, -0.15) is 0 Å². The number of pyridine rings is 1. The number of nitrogens with zero attached hydrogens (tertiary/aromatic N) is 5. The second kappa shape index (κ2) is 7.04. The van der Waals surface area contributed by atoms with E-state index in [4.69, 9.17) is 0 Å². The molecular weight excluding hydrogens is 292 g/mol. The van der Waals surface area contributed by atoms with E-state index in [1.807, 2.05) is 25.1 Å². The molecule has 0 aromatic carbocycles. The van der Waals surface area contributed by atoms with Crippen LogP contribution >= 0.6 is 0 Å². The molecule has 0 saturated carbocycles. The summed E-state index contributed by atoms with van der Waals surface area (Å²) in [7, 11) is 0. The largest absolute Gasteiger partial charge is 0.353 e. The highest BCUT2D eigenvalue weighted by Gasteiger charge is 2.19. The van der Waals surface area contributed by atoms with E-state index in [0.717, 1.165) is 43.6 Å². The van der Waals surface area contributed by atoms with Crippen molar-refractivity contribution in [1.82, 2.24) is 15.0 Å². The Kier molecular flexibility index (Phi) is 4.65. The number of hydrogen-bond acceptors (Lipinski definition) is 6. The first kappa shape index (κ1) is 15.2. The third kappa shape index (κ3) is 3.74. The lowest BCUT2D eigenvalue weighted by Gasteiger charge is -2.35. The van der Waals surface area contributed by atoms with Crippen molar-refractivity contribution >= 4 is 23.4 Å². The number of amides is 1. The Morgan fingerprint density at radius 2 is 1.78 bits per heavy atom. The zero-order valence-electron chi connectivity index (χ0n) is 13.1. The predicted molar refractivity (Wildman–Crippen MR) is 89.6 cm³/mol. The van der Waals surface area contributed by atoms with Crippen LogP contribution in [0.3, 0.4) is 0 Å². The Hall–Kier alpha value is -2.70. The lowest BCUT2D eigenvalue weighted by Crippen LogP contribution is -2.47. The van der Waals surface area contributed by atoms with Gasteiger partial charge in [-0.3, -0.25) is 4.79 Å². The molecule has 1 aliphatic rings. The van der Waals surface area contributed by atoms with Crippen molar-refractivity contribution in [2.24, 2.45) is 0 Å². The number of nitrogens with one attached hydrogen (secondary N) is 1. The topological polar surface area (TPSA) is 74.2 Å². The minimum atomic E-state index is -0.00368. The van der Waals surface area contributed by atoms with E-state index < -0.39 is 0 Å². The Morgan fingerprint density at radius 3 is 2.39 bits per heavy atom. The van der Waals surface area contributed by atoms with Crippen molar-refractivity contribution in [3.8, 4) is 0 Å². The molecule has 7 nitrogen and oxygen atoms in total. The maximum absolute atomic E-state index is 11.4. The Morgan fingerprint density at radius 1 is 1.09 bits per heavy atom. The fraction of sp³-hybridized carbons (Fsp3) is 0.375. The van der Waals surface area contributed by atoms with Gasteiger partial charge in [0.05, 0.1) is 11.9 Å². The molecule has 1 amide bonds. The normalized spacial score (nSPS) is 14.7. The number of anilines is 3. The summed E-state index contributed by atoms with van der Waals surface area (Å²) in [4.78, 5) is 28.8. The van der Waals surface area contributed by atoms with Crippen LogP contribution in [0.5, 0.6) is 0 Å². The van der Waals surface area contributed by atoms with Gasteiger partial charge < -0.3 is 15.1 Å². The van der Waals surface area contributed by atoms with Gasteiger partial charge in [0.2, 0.25) is 11.9 Å². The maximum Gasteiger partial charge on any atom is 0.225 e. The van der Waals surface area contributed by atoms with Gasteiger partial charge in [-0.15, -0.1) is 0 Å². The Bertz CT molecular complexity index is 637. The monoisotopic (exact) mass is 312 g/mol. The van der Waals surface area contributed by atoms with Crippen molar-refractivity contribution in [3.63, 3.8) is 0 Å². The van der Waals surface area contributed by atoms with Crippen molar-refractivity contribution in [1.29, 1.82) is 0 Å². The molecule has 120 valence electrons. The minimum absolute atomic E-state index is 0.00368. The molecule has 2 aromatic rings. The SMILES string of the molecule is CCC(=O)Nc1ccc(N2CCN(c3ncccn3)CC2)nc1. The van der Waals surface area contributed by atoms with Crippen LogP contribution < -0.4 is 15.1 Å². The molecule has 0 atom stereocenters. The standard InChI is InChI=1S/C16H20N6O/c1-2-15(23)20-13-4-5-14(19-12-13)21-8-10-22(11-9-21)16-17-6-3-7-18-16/h3-7,12H,2,8-11H2,1H3,(H,20,23). The van der Waals surface area contributed by atoms with E-state index in [1.54, 1.807) is 18.6 Å². The van der Waals surface area contributed by atoms with Crippen LogP contribution in [0.25, 0.3) is 0 Å². The fourth-order valence-electron chi connectivity index (χ4n) is 2.49. The summed E-state index contributed by atoms with van der Waals surface area (Å²) < 4.78 is 0. The smallest absolute Gasteiger partial charge is 0.225 e. The van der Waals surface area contributed by atoms with Crippen LogP contribution in [0.15, 0.2) is 36.8 Å². The van der Waals surface area contributed by atoms with Crippen molar-refractivity contribution in [2.45, 2.75) is 13.3 Å². The van der Waals surface area contributed by atoms with Gasteiger partial charge in [0.15, 0.2) is 0 Å². The number of carbonyl (C=O) groups is 1. The predicted octanol–water partition coefficient (Wildman–Crippen LogP) is 1.55. The molecule has 0 unspecified atom stereocenters. The van der Waals surface area contributed by atoms with Gasteiger partial charge in [0.1, 0.15) is 5.82 Å². The van der Waals surface area contributed by atoms with Crippen LogP contribution in [0, 0.1) is 0 Å². The summed E-state index contributed by atoms with van der Waals surface area (Å²) in [5, 5.41) is 2.81. The van der Waals surface area contributed by atoms with Crippen molar-refractivity contribution in [2.75, 3.05) is 41.3 Å². The fourth-order valence-corrected chi connectivity index (χ4v) is 2.49. The van der Waals surface area contributed by atoms with Crippen LogP contribution in [0.1, 0.15) is 13.3 Å². The molecule has 1 aliphatic heterocycles. The summed E-state index contributed by atoms with van der Waals surface area (Å²) in [5.74, 6) is 1.70. The Balaban J connectivity index is 1.58. The number of piperazine rings is 1. The highest BCUT2D eigenvalue weighted by atomic mass is 16.1. The summed E-state index contributed by atoms with van der Waals surface area (Å²) >= 11 is 0. The van der Waals surface area contributed by atoms with Gasteiger partial charge in [0.25, 0.3) is 0 Å². The zero-order valence-corrected chi connectivity index (χ0v) is 13.1. The molecule has 3 heterocycles. The maximum atomic E-state index is 11.4. The third-order valence-electron chi connectivity index (χ3n) is 3.79. The first-order valence-electron chi connectivity index (χ1n) is 7.79. The van der Waals surface area contributed by atoms with Crippen molar-refractivity contribution < 1.29 is 4.79 Å². The highest BCUT2D eigenvalue weighted by molar-refractivity contribution is 5.90. The van der Waals surface area contributed by atoms with E-state index in [-0.39, 0.29) is 5.91 Å². The van der Waals surface area contributed by atoms with Crippen LogP contribution in [0.2, 0.25) is 0 Å². The number of aromatic nitrogens is 3. The molecule has 3 rings (SSSR count). The summed E-state index contributed by atoms with van der Waals surface area (Å²) in [6.45, 7) is 5.28. The molecule has 0 spiro atoms. The van der Waals surface area contributed by atoms with E-state index in [0.29, 0.717) is 6.42 Å². The molecule has 2 aromatic heterocycles. The van der Waals surface area contributed by atoms with Gasteiger partial charge >= 0.3 is 0 Å². The number of carbonyl (C=O) groups excluding carboxylic acids is 1. The number of hydrogen-bond donors (Lipinski definition) is 1. The molecule has 0 aliphatic carbocycles. The second-order valence-corrected chi connectivity index (χ2v) is 5.33. The molecule has 1 N–H and O–H groups in total.